The summed E-state index contributed by atoms with van der Waals surface area (Å²) in [5.74, 6) is 0.131. The number of hydrogen-bond acceptors (Lipinski definition) is 3. The molecule has 0 aromatic carbocycles. The van der Waals surface area contributed by atoms with E-state index in [9.17, 15) is 10.2 Å². The van der Waals surface area contributed by atoms with E-state index in [0.717, 1.165) is 31.4 Å². The molecule has 3 heteroatoms. The predicted molar refractivity (Wildman–Crippen MR) is 77.9 cm³/mol. The van der Waals surface area contributed by atoms with Gasteiger partial charge in [0.1, 0.15) is 0 Å². The number of aromatic nitrogens is 1. The van der Waals surface area contributed by atoms with Gasteiger partial charge in [0.05, 0.1) is 11.7 Å². The lowest BCUT2D eigenvalue weighted by Crippen LogP contribution is -2.47. The summed E-state index contributed by atoms with van der Waals surface area (Å²) in [5, 5.41) is 21.0. The number of nitrogens with zero attached hydrogens (tertiary/aromatic N) is 1. The summed E-state index contributed by atoms with van der Waals surface area (Å²) < 4.78 is 0. The Hall–Kier alpha value is -0.930. The Balaban J connectivity index is 2.68. The first kappa shape index (κ1) is 16.1. The number of aliphatic hydroxyl groups is 2. The molecule has 1 aromatic rings. The summed E-state index contributed by atoms with van der Waals surface area (Å²) >= 11 is 0. The molecule has 1 rings (SSSR count). The van der Waals surface area contributed by atoms with E-state index in [4.69, 9.17) is 0 Å². The zero-order valence-corrected chi connectivity index (χ0v) is 12.3. The van der Waals surface area contributed by atoms with Crippen LogP contribution >= 0.6 is 0 Å². The van der Waals surface area contributed by atoms with Gasteiger partial charge in [-0.25, -0.2) is 0 Å². The maximum atomic E-state index is 10.7. The van der Waals surface area contributed by atoms with E-state index >= 15 is 0 Å². The van der Waals surface area contributed by atoms with Crippen LogP contribution < -0.4 is 0 Å². The zero-order valence-electron chi connectivity index (χ0n) is 12.3. The van der Waals surface area contributed by atoms with Crippen LogP contribution in [0, 0.1) is 5.92 Å². The molecule has 0 radical (unpaired) electrons. The van der Waals surface area contributed by atoms with Crippen LogP contribution in [0.3, 0.4) is 0 Å². The van der Waals surface area contributed by atoms with Crippen molar-refractivity contribution in [2.45, 2.75) is 64.6 Å². The highest BCUT2D eigenvalue weighted by molar-refractivity contribution is 5.06. The van der Waals surface area contributed by atoms with Gasteiger partial charge in [0.15, 0.2) is 0 Å². The molecule has 3 atom stereocenters. The lowest BCUT2D eigenvalue weighted by molar-refractivity contribution is -0.104. The third kappa shape index (κ3) is 4.59. The molecule has 3 unspecified atom stereocenters. The monoisotopic (exact) mass is 265 g/mol. The quantitative estimate of drug-likeness (QED) is 0.760. The van der Waals surface area contributed by atoms with Crippen LogP contribution in [0.5, 0.6) is 0 Å². The maximum Gasteiger partial charge on any atom is 0.0909 e. The summed E-state index contributed by atoms with van der Waals surface area (Å²) in [7, 11) is 0. The van der Waals surface area contributed by atoms with Crippen LogP contribution in [0.1, 0.15) is 52.1 Å². The molecule has 0 saturated heterocycles. The highest BCUT2D eigenvalue weighted by Crippen LogP contribution is 2.30. The van der Waals surface area contributed by atoms with Gasteiger partial charge in [-0.15, -0.1) is 0 Å². The van der Waals surface area contributed by atoms with Crippen LogP contribution in [0.4, 0.5) is 0 Å². The third-order valence-corrected chi connectivity index (χ3v) is 4.03. The Morgan fingerprint density at radius 1 is 1.32 bits per heavy atom. The zero-order chi connectivity index (χ0) is 14.3. The molecule has 19 heavy (non-hydrogen) atoms. The van der Waals surface area contributed by atoms with Crippen molar-refractivity contribution in [3.63, 3.8) is 0 Å². The van der Waals surface area contributed by atoms with E-state index in [0.29, 0.717) is 6.42 Å². The number of rotatable bonds is 8. The van der Waals surface area contributed by atoms with E-state index in [1.165, 1.54) is 0 Å². The molecule has 3 nitrogen and oxygen atoms in total. The van der Waals surface area contributed by atoms with Crippen LogP contribution in [0.2, 0.25) is 0 Å². The molecule has 0 fully saturated rings. The van der Waals surface area contributed by atoms with Crippen molar-refractivity contribution in [2.24, 2.45) is 5.92 Å². The van der Waals surface area contributed by atoms with Crippen LogP contribution in [0.15, 0.2) is 24.4 Å². The van der Waals surface area contributed by atoms with Crippen molar-refractivity contribution in [2.75, 3.05) is 0 Å². The third-order valence-electron chi connectivity index (χ3n) is 4.03. The van der Waals surface area contributed by atoms with Gasteiger partial charge in [0.2, 0.25) is 0 Å². The standard InChI is InChI=1S/C16H27NO2/c1-4-6-9-13(5-2)16(3,19)15(18)12-14-10-7-8-11-17-14/h7-8,10-11,13,15,18-19H,4-6,9,12H2,1-3H3. The van der Waals surface area contributed by atoms with Gasteiger partial charge in [-0.2, -0.15) is 0 Å². The van der Waals surface area contributed by atoms with Crippen molar-refractivity contribution in [1.82, 2.24) is 4.98 Å². The number of pyridine rings is 1. The van der Waals surface area contributed by atoms with Crippen molar-refractivity contribution in [3.05, 3.63) is 30.1 Å². The molecule has 0 aliphatic heterocycles. The Morgan fingerprint density at radius 2 is 2.05 bits per heavy atom. The minimum absolute atomic E-state index is 0.131. The largest absolute Gasteiger partial charge is 0.390 e. The first-order chi connectivity index (χ1) is 9.02. The lowest BCUT2D eigenvalue weighted by atomic mass is 9.78. The molecule has 0 amide bonds. The Kier molecular flexibility index (Phi) is 6.46. The van der Waals surface area contributed by atoms with Gasteiger partial charge in [-0.05, 0) is 31.4 Å². The van der Waals surface area contributed by atoms with Gasteiger partial charge < -0.3 is 10.2 Å². The highest BCUT2D eigenvalue weighted by atomic mass is 16.3. The lowest BCUT2D eigenvalue weighted by Gasteiger charge is -2.36. The summed E-state index contributed by atoms with van der Waals surface area (Å²) in [4.78, 5) is 4.21. The Morgan fingerprint density at radius 3 is 2.58 bits per heavy atom. The highest BCUT2D eigenvalue weighted by Gasteiger charge is 2.37. The molecule has 0 bridgehead atoms. The molecular formula is C16H27NO2. The molecule has 2 N–H and O–H groups in total. The van der Waals surface area contributed by atoms with E-state index in [1.54, 1.807) is 13.1 Å². The van der Waals surface area contributed by atoms with Gasteiger partial charge in [0, 0.05) is 18.3 Å². The second-order valence-electron chi connectivity index (χ2n) is 5.51. The summed E-state index contributed by atoms with van der Waals surface area (Å²) in [5.41, 5.74) is -0.234. The van der Waals surface area contributed by atoms with Gasteiger partial charge in [0.25, 0.3) is 0 Å². The van der Waals surface area contributed by atoms with E-state index in [-0.39, 0.29) is 5.92 Å². The number of aliphatic hydroxyl groups excluding tert-OH is 1. The molecule has 108 valence electrons. The predicted octanol–water partition coefficient (Wildman–Crippen LogP) is 2.95. The topological polar surface area (TPSA) is 53.4 Å². The van der Waals surface area contributed by atoms with Crippen LogP contribution in [0.25, 0.3) is 0 Å². The van der Waals surface area contributed by atoms with Crippen molar-refractivity contribution in [3.8, 4) is 0 Å². The van der Waals surface area contributed by atoms with Gasteiger partial charge in [-0.3, -0.25) is 4.98 Å². The van der Waals surface area contributed by atoms with Crippen LogP contribution in [-0.2, 0) is 6.42 Å². The molecule has 1 aromatic heterocycles. The van der Waals surface area contributed by atoms with Crippen molar-refractivity contribution < 1.29 is 10.2 Å². The van der Waals surface area contributed by atoms with Gasteiger partial charge in [-0.1, -0.05) is 39.2 Å². The minimum atomic E-state index is -1.05. The fourth-order valence-corrected chi connectivity index (χ4v) is 2.56. The molecule has 0 saturated carbocycles. The summed E-state index contributed by atoms with van der Waals surface area (Å²) in [6, 6.07) is 5.63. The van der Waals surface area contributed by atoms with E-state index in [1.807, 2.05) is 18.2 Å². The number of hydrogen-bond donors (Lipinski definition) is 2. The molecule has 1 heterocycles. The first-order valence-corrected chi connectivity index (χ1v) is 7.32. The van der Waals surface area contributed by atoms with Crippen molar-refractivity contribution in [1.29, 1.82) is 0 Å². The van der Waals surface area contributed by atoms with Gasteiger partial charge >= 0.3 is 0 Å². The van der Waals surface area contributed by atoms with E-state index in [2.05, 4.69) is 18.8 Å². The molecule has 0 aliphatic rings. The smallest absolute Gasteiger partial charge is 0.0909 e. The Bertz CT molecular complexity index is 351. The SMILES string of the molecule is CCCCC(CC)C(C)(O)C(O)Cc1ccccn1. The fourth-order valence-electron chi connectivity index (χ4n) is 2.56. The average Bonchev–Trinajstić information content (AvgIpc) is 2.40. The summed E-state index contributed by atoms with van der Waals surface area (Å²) in [6.45, 7) is 5.97. The average molecular weight is 265 g/mol. The Labute approximate surface area is 116 Å². The summed E-state index contributed by atoms with van der Waals surface area (Å²) in [6.07, 6.45) is 5.38. The maximum absolute atomic E-state index is 10.7. The van der Waals surface area contributed by atoms with Crippen molar-refractivity contribution >= 4 is 0 Å². The fraction of sp³-hybridized carbons (Fsp3) is 0.688. The molecule has 0 aliphatic carbocycles. The van der Waals surface area contributed by atoms with E-state index < -0.39 is 11.7 Å². The first-order valence-electron chi connectivity index (χ1n) is 7.32. The van der Waals surface area contributed by atoms with Crippen LogP contribution in [-0.4, -0.2) is 26.9 Å². The minimum Gasteiger partial charge on any atom is -0.390 e. The number of unbranched alkanes of at least 4 members (excludes halogenated alkanes) is 1. The second kappa shape index (κ2) is 7.61. The molecular weight excluding hydrogens is 238 g/mol. The molecule has 0 spiro atoms. The second-order valence-corrected chi connectivity index (χ2v) is 5.51. The normalized spacial score (nSPS) is 17.7.